The van der Waals surface area contributed by atoms with E-state index in [1.165, 1.54) is 55.1 Å². The highest BCUT2D eigenvalue weighted by atomic mass is 31.1. The van der Waals surface area contributed by atoms with Crippen LogP contribution in [0.4, 0.5) is 0 Å². The molecule has 0 heterocycles. The smallest absolute Gasteiger partial charge is 0.0384 e. The van der Waals surface area contributed by atoms with Gasteiger partial charge in [-0.3, -0.25) is 0 Å². The first-order valence-corrected chi connectivity index (χ1v) is 14.0. The maximum Gasteiger partial charge on any atom is 0.0384 e. The van der Waals surface area contributed by atoms with E-state index in [1.807, 2.05) is 0 Å². The summed E-state index contributed by atoms with van der Waals surface area (Å²) in [4.78, 5) is 0. The molecule has 0 fully saturated rings. The van der Waals surface area contributed by atoms with Crippen molar-refractivity contribution < 1.29 is 0 Å². The molecule has 1 aliphatic carbocycles. The lowest BCUT2D eigenvalue weighted by molar-refractivity contribution is 1.13. The molecule has 5 aromatic carbocycles. The number of benzene rings is 5. The molecule has 1 aliphatic rings. The Morgan fingerprint density at radius 2 is 1.11 bits per heavy atom. The lowest BCUT2D eigenvalue weighted by atomic mass is 9.93. The molecule has 0 saturated carbocycles. The van der Waals surface area contributed by atoms with Crippen molar-refractivity contribution in [2.45, 2.75) is 19.5 Å². The summed E-state index contributed by atoms with van der Waals surface area (Å²) in [6.07, 6.45) is 2.41. The second kappa shape index (κ2) is 9.73. The highest BCUT2D eigenvalue weighted by molar-refractivity contribution is 7.73. The van der Waals surface area contributed by atoms with Gasteiger partial charge in [-0.25, -0.2) is 0 Å². The van der Waals surface area contributed by atoms with Gasteiger partial charge in [-0.2, -0.15) is 0 Å². The SMILES string of the molecule is Cc1cccc(P(c2cccc(C)c2)[C@@H]2c3ccccc3C=C(c3ccccc3)c3ccccc32)c1. The van der Waals surface area contributed by atoms with Crippen LogP contribution in [0.1, 0.15) is 44.6 Å². The summed E-state index contributed by atoms with van der Waals surface area (Å²) in [6, 6.07) is 47.2. The minimum absolute atomic E-state index is 0.244. The topological polar surface area (TPSA) is 0 Å². The molecule has 1 heteroatoms. The lowest BCUT2D eigenvalue weighted by Crippen LogP contribution is -2.19. The summed E-state index contributed by atoms with van der Waals surface area (Å²) in [6.45, 7) is 4.41. The molecule has 0 bridgehead atoms. The molecule has 6 rings (SSSR count). The van der Waals surface area contributed by atoms with E-state index in [4.69, 9.17) is 0 Å². The Hall–Kier alpha value is -3.73. The van der Waals surface area contributed by atoms with Gasteiger partial charge >= 0.3 is 0 Å². The van der Waals surface area contributed by atoms with Crippen LogP contribution in [0.2, 0.25) is 0 Å². The second-order valence-corrected chi connectivity index (χ2v) is 11.9. The van der Waals surface area contributed by atoms with E-state index >= 15 is 0 Å². The predicted octanol–water partition coefficient (Wildman–Crippen LogP) is 8.43. The van der Waals surface area contributed by atoms with Crippen molar-refractivity contribution in [2.75, 3.05) is 0 Å². The Kier molecular flexibility index (Phi) is 6.14. The second-order valence-electron chi connectivity index (χ2n) is 9.59. The molecule has 5 aromatic rings. The van der Waals surface area contributed by atoms with Crippen LogP contribution >= 0.6 is 7.92 Å². The molecule has 0 N–H and O–H groups in total. The summed E-state index contributed by atoms with van der Waals surface area (Å²) < 4.78 is 0. The van der Waals surface area contributed by atoms with Crippen LogP contribution in [0, 0.1) is 13.8 Å². The summed E-state index contributed by atoms with van der Waals surface area (Å²) >= 11 is 0. The van der Waals surface area contributed by atoms with Gasteiger partial charge in [0.25, 0.3) is 0 Å². The van der Waals surface area contributed by atoms with Crippen LogP contribution in [-0.4, -0.2) is 0 Å². The van der Waals surface area contributed by atoms with Gasteiger partial charge in [-0.15, -0.1) is 0 Å². The monoisotopic (exact) mass is 480 g/mol. The predicted molar refractivity (Wildman–Crippen MR) is 157 cm³/mol. The highest BCUT2D eigenvalue weighted by Crippen LogP contribution is 2.57. The normalized spacial score (nSPS) is 14.5. The van der Waals surface area contributed by atoms with Crippen LogP contribution in [0.15, 0.2) is 127 Å². The summed E-state index contributed by atoms with van der Waals surface area (Å²) in [7, 11) is -0.713. The first-order valence-electron chi connectivity index (χ1n) is 12.6. The van der Waals surface area contributed by atoms with Gasteiger partial charge in [0.1, 0.15) is 0 Å². The molecular weight excluding hydrogens is 451 g/mol. The summed E-state index contributed by atoms with van der Waals surface area (Å²) in [5.41, 5.74) is 10.9. The van der Waals surface area contributed by atoms with Crippen LogP contribution in [0.3, 0.4) is 0 Å². The quantitative estimate of drug-likeness (QED) is 0.227. The van der Waals surface area contributed by atoms with E-state index in [2.05, 4.69) is 147 Å². The number of hydrogen-bond donors (Lipinski definition) is 0. The number of aryl methyl sites for hydroxylation is 2. The minimum atomic E-state index is -0.713. The van der Waals surface area contributed by atoms with Crippen molar-refractivity contribution in [3.63, 3.8) is 0 Å². The maximum absolute atomic E-state index is 2.41. The third-order valence-electron chi connectivity index (χ3n) is 7.04. The van der Waals surface area contributed by atoms with E-state index < -0.39 is 7.92 Å². The molecule has 0 unspecified atom stereocenters. The Balaban J connectivity index is 1.67. The maximum atomic E-state index is 2.41. The zero-order chi connectivity index (χ0) is 24.5. The fraction of sp³-hybridized carbons (Fsp3) is 0.0857. The van der Waals surface area contributed by atoms with E-state index in [-0.39, 0.29) is 5.66 Å². The average molecular weight is 481 g/mol. The van der Waals surface area contributed by atoms with Crippen molar-refractivity contribution in [1.29, 1.82) is 0 Å². The zero-order valence-electron chi connectivity index (χ0n) is 20.7. The van der Waals surface area contributed by atoms with E-state index in [9.17, 15) is 0 Å². The number of fused-ring (bicyclic) bond motifs is 2. The molecular formula is C35H29P. The Labute approximate surface area is 215 Å². The lowest BCUT2D eigenvalue weighted by Gasteiger charge is -2.31. The van der Waals surface area contributed by atoms with Crippen LogP contribution in [0.25, 0.3) is 11.6 Å². The van der Waals surface area contributed by atoms with Crippen LogP contribution in [-0.2, 0) is 0 Å². The van der Waals surface area contributed by atoms with Crippen molar-refractivity contribution >= 4 is 30.2 Å². The molecule has 174 valence electrons. The molecule has 0 radical (unpaired) electrons. The van der Waals surface area contributed by atoms with Crippen molar-refractivity contribution in [3.05, 3.63) is 166 Å². The highest BCUT2D eigenvalue weighted by Gasteiger charge is 2.33. The molecule has 0 aromatic heterocycles. The van der Waals surface area contributed by atoms with Crippen molar-refractivity contribution in [2.24, 2.45) is 0 Å². The molecule has 36 heavy (non-hydrogen) atoms. The van der Waals surface area contributed by atoms with Crippen LogP contribution < -0.4 is 10.6 Å². The van der Waals surface area contributed by atoms with Gasteiger partial charge in [0, 0.05) is 5.66 Å². The van der Waals surface area contributed by atoms with Gasteiger partial charge < -0.3 is 0 Å². The molecule has 0 nitrogen and oxygen atoms in total. The number of hydrogen-bond acceptors (Lipinski definition) is 0. The van der Waals surface area contributed by atoms with Crippen molar-refractivity contribution in [1.82, 2.24) is 0 Å². The standard InChI is InChI=1S/C35H29P/c1-25-12-10-17-29(22-25)36(30-18-11-13-26(2)23-30)35-31-19-7-6-16-28(31)24-34(27-14-4-3-5-15-27)32-20-8-9-21-33(32)35/h3-24,35H,1-2H3/t35-/m1/s1. The third kappa shape index (κ3) is 4.23. The Morgan fingerprint density at radius 1 is 0.528 bits per heavy atom. The summed E-state index contributed by atoms with van der Waals surface area (Å²) in [5.74, 6) is 0. The van der Waals surface area contributed by atoms with Gasteiger partial charge in [0.05, 0.1) is 0 Å². The van der Waals surface area contributed by atoms with E-state index in [1.54, 1.807) is 0 Å². The fourth-order valence-electron chi connectivity index (χ4n) is 5.41. The molecule has 0 amide bonds. The third-order valence-corrected chi connectivity index (χ3v) is 9.78. The molecule has 0 spiro atoms. The van der Waals surface area contributed by atoms with Gasteiger partial charge in [-0.1, -0.05) is 139 Å². The fourth-order valence-corrected chi connectivity index (χ4v) is 8.50. The first-order chi connectivity index (χ1) is 17.7. The largest absolute Gasteiger partial charge is 0.0622 e. The average Bonchev–Trinajstić information content (AvgIpc) is 3.05. The molecule has 1 atom stereocenters. The van der Waals surface area contributed by atoms with Gasteiger partial charge in [0.15, 0.2) is 0 Å². The molecule has 0 saturated heterocycles. The molecule has 0 aliphatic heterocycles. The Bertz CT molecular complexity index is 1520. The minimum Gasteiger partial charge on any atom is -0.0622 e. The van der Waals surface area contributed by atoms with E-state index in [0.29, 0.717) is 0 Å². The first kappa shape index (κ1) is 22.7. The summed E-state index contributed by atoms with van der Waals surface area (Å²) in [5, 5.41) is 2.85. The van der Waals surface area contributed by atoms with Crippen LogP contribution in [0.5, 0.6) is 0 Å². The van der Waals surface area contributed by atoms with Gasteiger partial charge in [-0.05, 0) is 71.8 Å². The zero-order valence-corrected chi connectivity index (χ0v) is 21.6. The number of rotatable bonds is 4. The van der Waals surface area contributed by atoms with Crippen molar-refractivity contribution in [3.8, 4) is 0 Å². The Morgan fingerprint density at radius 3 is 1.78 bits per heavy atom. The van der Waals surface area contributed by atoms with Gasteiger partial charge in [0.2, 0.25) is 0 Å². The van der Waals surface area contributed by atoms with E-state index in [0.717, 1.165) is 0 Å².